The Kier molecular flexibility index (Phi) is 24.8. The first-order valence-corrected chi connectivity index (χ1v) is 17.3. The summed E-state index contributed by atoms with van der Waals surface area (Å²) >= 11 is 0. The van der Waals surface area contributed by atoms with Crippen molar-refractivity contribution in [1.82, 2.24) is 4.57 Å². The molecule has 0 atom stereocenters. The van der Waals surface area contributed by atoms with E-state index in [0.717, 1.165) is 0 Å². The van der Waals surface area contributed by atoms with Crippen LogP contribution in [-0.2, 0) is 13.1 Å². The molecule has 0 aliphatic rings. The van der Waals surface area contributed by atoms with E-state index in [1.807, 2.05) is 0 Å². The average molecular weight is 518 g/mol. The SMILES string of the molecule is CCCCCCCCCCCCCCCCCCn1cc[n+](CCCCCCCCCCCCC)c1C. The van der Waals surface area contributed by atoms with Gasteiger partial charge in [-0.2, -0.15) is 0 Å². The van der Waals surface area contributed by atoms with Gasteiger partial charge in [-0.3, -0.25) is 0 Å². The van der Waals surface area contributed by atoms with Crippen molar-refractivity contribution >= 4 is 0 Å². The molecule has 218 valence electrons. The summed E-state index contributed by atoms with van der Waals surface area (Å²) in [6.07, 6.45) is 43.4. The Hall–Kier alpha value is -0.790. The summed E-state index contributed by atoms with van der Waals surface area (Å²) in [6, 6.07) is 0. The molecule has 0 saturated carbocycles. The molecule has 0 aromatic carbocycles. The smallest absolute Gasteiger partial charge is 0.234 e. The summed E-state index contributed by atoms with van der Waals surface area (Å²) in [5.41, 5.74) is 0. The van der Waals surface area contributed by atoms with E-state index in [-0.39, 0.29) is 0 Å². The van der Waals surface area contributed by atoms with Gasteiger partial charge in [0, 0.05) is 6.92 Å². The van der Waals surface area contributed by atoms with Crippen LogP contribution in [0.3, 0.4) is 0 Å². The topological polar surface area (TPSA) is 8.81 Å². The van der Waals surface area contributed by atoms with E-state index in [0.29, 0.717) is 0 Å². The summed E-state index contributed by atoms with van der Waals surface area (Å²) in [7, 11) is 0. The van der Waals surface area contributed by atoms with Crippen molar-refractivity contribution in [2.45, 2.75) is 207 Å². The van der Waals surface area contributed by atoms with Crippen molar-refractivity contribution in [2.24, 2.45) is 0 Å². The van der Waals surface area contributed by atoms with Gasteiger partial charge < -0.3 is 0 Å². The molecule has 0 bridgehead atoms. The molecule has 1 rings (SSSR count). The van der Waals surface area contributed by atoms with Crippen LogP contribution in [0.25, 0.3) is 0 Å². The molecule has 37 heavy (non-hydrogen) atoms. The first-order valence-electron chi connectivity index (χ1n) is 17.3. The van der Waals surface area contributed by atoms with Crippen LogP contribution in [0.5, 0.6) is 0 Å². The largest absolute Gasteiger partial charge is 0.253 e. The molecule has 0 radical (unpaired) electrons. The lowest BCUT2D eigenvalue weighted by Gasteiger charge is -2.04. The van der Waals surface area contributed by atoms with Gasteiger partial charge in [0.05, 0.1) is 13.1 Å². The standard InChI is InChI=1S/C35H69N2/c1-4-6-8-10-12-14-16-17-18-19-20-22-24-26-28-30-32-37-34-33-36(35(37)3)31-29-27-25-23-21-15-13-11-9-7-5-2/h33-34H,4-32H2,1-3H3/q+1. The quantitative estimate of drug-likeness (QED) is 0.0737. The van der Waals surface area contributed by atoms with E-state index in [1.165, 1.54) is 192 Å². The predicted octanol–water partition coefficient (Wildman–Crippen LogP) is 11.7. The van der Waals surface area contributed by atoms with Gasteiger partial charge in [-0.1, -0.05) is 162 Å². The Morgan fingerprint density at radius 2 is 0.784 bits per heavy atom. The minimum atomic E-state index is 1.20. The second-order valence-corrected chi connectivity index (χ2v) is 12.1. The molecule has 2 nitrogen and oxygen atoms in total. The summed E-state index contributed by atoms with van der Waals surface area (Å²) in [6.45, 7) is 9.32. The Morgan fingerprint density at radius 3 is 1.16 bits per heavy atom. The molecule has 0 N–H and O–H groups in total. The fourth-order valence-corrected chi connectivity index (χ4v) is 5.79. The fraction of sp³-hybridized carbons (Fsp3) is 0.914. The first-order chi connectivity index (χ1) is 18.3. The molecule has 1 aromatic heterocycles. The molecule has 0 fully saturated rings. The third kappa shape index (κ3) is 20.8. The maximum Gasteiger partial charge on any atom is 0.253 e. The molecule has 0 aliphatic heterocycles. The highest BCUT2D eigenvalue weighted by Gasteiger charge is 2.11. The number of aryl methyl sites for hydroxylation is 2. The third-order valence-corrected chi connectivity index (χ3v) is 8.51. The van der Waals surface area contributed by atoms with Gasteiger partial charge in [-0.05, 0) is 25.7 Å². The number of aromatic nitrogens is 2. The van der Waals surface area contributed by atoms with Crippen LogP contribution in [-0.4, -0.2) is 4.57 Å². The highest BCUT2D eigenvalue weighted by molar-refractivity contribution is 4.79. The van der Waals surface area contributed by atoms with Crippen LogP contribution >= 0.6 is 0 Å². The van der Waals surface area contributed by atoms with Gasteiger partial charge in [0.2, 0.25) is 0 Å². The first kappa shape index (κ1) is 34.2. The number of unbranched alkanes of at least 4 members (excludes halogenated alkanes) is 25. The minimum Gasteiger partial charge on any atom is -0.234 e. The lowest BCUT2D eigenvalue weighted by molar-refractivity contribution is -0.702. The molecular weight excluding hydrogens is 448 g/mol. The molecular formula is C35H69N2+. The van der Waals surface area contributed by atoms with Gasteiger partial charge in [0.15, 0.2) is 0 Å². The zero-order chi connectivity index (χ0) is 26.7. The van der Waals surface area contributed by atoms with Crippen LogP contribution in [0, 0.1) is 6.92 Å². The van der Waals surface area contributed by atoms with E-state index in [2.05, 4.69) is 42.3 Å². The zero-order valence-corrected chi connectivity index (χ0v) is 26.1. The maximum absolute atomic E-state index is 2.49. The van der Waals surface area contributed by atoms with Crippen molar-refractivity contribution in [1.29, 1.82) is 0 Å². The summed E-state index contributed by atoms with van der Waals surface area (Å²) < 4.78 is 4.97. The van der Waals surface area contributed by atoms with Crippen LogP contribution in [0.2, 0.25) is 0 Å². The van der Waals surface area contributed by atoms with Crippen molar-refractivity contribution in [2.75, 3.05) is 0 Å². The molecule has 0 amide bonds. The van der Waals surface area contributed by atoms with E-state index in [4.69, 9.17) is 0 Å². The highest BCUT2D eigenvalue weighted by atomic mass is 15.1. The minimum absolute atomic E-state index is 1.20. The number of rotatable bonds is 29. The lowest BCUT2D eigenvalue weighted by atomic mass is 10.0. The Balaban J connectivity index is 1.88. The number of hydrogen-bond acceptors (Lipinski definition) is 0. The predicted molar refractivity (Wildman–Crippen MR) is 165 cm³/mol. The molecule has 0 saturated heterocycles. The molecule has 1 aromatic rings. The summed E-state index contributed by atoms with van der Waals surface area (Å²) in [4.78, 5) is 0. The monoisotopic (exact) mass is 518 g/mol. The molecule has 0 aliphatic carbocycles. The molecule has 0 spiro atoms. The average Bonchev–Trinajstić information content (AvgIpc) is 3.25. The second kappa shape index (κ2) is 26.8. The van der Waals surface area contributed by atoms with Crippen LogP contribution in [0.1, 0.15) is 193 Å². The molecule has 0 unspecified atom stereocenters. The maximum atomic E-state index is 2.49. The normalized spacial score (nSPS) is 11.5. The third-order valence-electron chi connectivity index (χ3n) is 8.51. The van der Waals surface area contributed by atoms with Gasteiger partial charge in [0.1, 0.15) is 12.4 Å². The number of nitrogens with zero attached hydrogens (tertiary/aromatic N) is 2. The lowest BCUT2D eigenvalue weighted by Crippen LogP contribution is -2.35. The van der Waals surface area contributed by atoms with Gasteiger partial charge in [-0.25, -0.2) is 9.13 Å². The van der Waals surface area contributed by atoms with E-state index < -0.39 is 0 Å². The van der Waals surface area contributed by atoms with E-state index in [9.17, 15) is 0 Å². The number of imidazole rings is 1. The van der Waals surface area contributed by atoms with Crippen molar-refractivity contribution in [3.63, 3.8) is 0 Å². The Morgan fingerprint density at radius 1 is 0.459 bits per heavy atom. The Labute approximate surface area is 234 Å². The number of hydrogen-bond donors (Lipinski definition) is 0. The van der Waals surface area contributed by atoms with Gasteiger partial charge in [0.25, 0.3) is 5.82 Å². The van der Waals surface area contributed by atoms with Crippen molar-refractivity contribution in [3.8, 4) is 0 Å². The van der Waals surface area contributed by atoms with Crippen LogP contribution in [0.15, 0.2) is 12.4 Å². The fourth-order valence-electron chi connectivity index (χ4n) is 5.79. The van der Waals surface area contributed by atoms with E-state index in [1.54, 1.807) is 0 Å². The van der Waals surface area contributed by atoms with Crippen molar-refractivity contribution in [3.05, 3.63) is 18.2 Å². The Bertz CT molecular complexity index is 576. The van der Waals surface area contributed by atoms with E-state index >= 15 is 0 Å². The van der Waals surface area contributed by atoms with Gasteiger partial charge >= 0.3 is 0 Å². The summed E-state index contributed by atoms with van der Waals surface area (Å²) in [5, 5.41) is 0. The zero-order valence-electron chi connectivity index (χ0n) is 26.1. The van der Waals surface area contributed by atoms with Crippen molar-refractivity contribution < 1.29 is 4.57 Å². The summed E-state index contributed by atoms with van der Waals surface area (Å²) in [5.74, 6) is 1.45. The molecule has 1 heterocycles. The van der Waals surface area contributed by atoms with Crippen LogP contribution in [0.4, 0.5) is 0 Å². The molecule has 2 heteroatoms. The second-order valence-electron chi connectivity index (χ2n) is 12.1. The van der Waals surface area contributed by atoms with Crippen LogP contribution < -0.4 is 4.57 Å². The highest BCUT2D eigenvalue weighted by Crippen LogP contribution is 2.14. The van der Waals surface area contributed by atoms with Gasteiger partial charge in [-0.15, -0.1) is 0 Å².